The Morgan fingerprint density at radius 2 is 2.11 bits per heavy atom. The van der Waals surface area contributed by atoms with E-state index in [0.717, 1.165) is 46.5 Å². The summed E-state index contributed by atoms with van der Waals surface area (Å²) in [6, 6.07) is 4.32. The molecule has 4 aromatic heterocycles. The SMILES string of the molecule is CCCNc1nccc(-c2cn(C(C)C)nc2-c2cnc3[nH]cc(C)c3c2)n1. The van der Waals surface area contributed by atoms with Gasteiger partial charge in [-0.1, -0.05) is 6.92 Å². The van der Waals surface area contributed by atoms with E-state index in [-0.39, 0.29) is 6.04 Å². The second-order valence-corrected chi connectivity index (χ2v) is 7.25. The zero-order chi connectivity index (χ0) is 19.7. The van der Waals surface area contributed by atoms with Crippen molar-refractivity contribution in [1.29, 1.82) is 0 Å². The first-order valence-electron chi connectivity index (χ1n) is 9.67. The number of anilines is 1. The fourth-order valence-corrected chi connectivity index (χ4v) is 3.15. The summed E-state index contributed by atoms with van der Waals surface area (Å²) in [5.74, 6) is 0.637. The number of hydrogen-bond acceptors (Lipinski definition) is 5. The van der Waals surface area contributed by atoms with E-state index in [9.17, 15) is 0 Å². The highest BCUT2D eigenvalue weighted by Crippen LogP contribution is 2.32. The molecule has 0 aliphatic carbocycles. The molecule has 0 saturated carbocycles. The Morgan fingerprint density at radius 3 is 2.89 bits per heavy atom. The molecule has 2 N–H and O–H groups in total. The molecule has 7 nitrogen and oxygen atoms in total. The van der Waals surface area contributed by atoms with Crippen LogP contribution in [-0.4, -0.2) is 36.3 Å². The summed E-state index contributed by atoms with van der Waals surface area (Å²) >= 11 is 0. The first kappa shape index (κ1) is 18.2. The number of H-pyrrole nitrogens is 1. The van der Waals surface area contributed by atoms with Crippen LogP contribution in [0.15, 0.2) is 36.9 Å². The number of aromatic amines is 1. The lowest BCUT2D eigenvalue weighted by Crippen LogP contribution is -2.04. The van der Waals surface area contributed by atoms with E-state index in [1.807, 2.05) is 23.1 Å². The lowest BCUT2D eigenvalue weighted by molar-refractivity contribution is 0.534. The van der Waals surface area contributed by atoms with Gasteiger partial charge >= 0.3 is 0 Å². The third kappa shape index (κ3) is 3.35. The van der Waals surface area contributed by atoms with Crippen LogP contribution in [0.1, 0.15) is 38.8 Å². The molecule has 4 aromatic rings. The minimum absolute atomic E-state index is 0.248. The number of aryl methyl sites for hydroxylation is 1. The van der Waals surface area contributed by atoms with E-state index in [4.69, 9.17) is 10.1 Å². The van der Waals surface area contributed by atoms with Gasteiger partial charge in [-0.2, -0.15) is 5.10 Å². The Labute approximate surface area is 164 Å². The van der Waals surface area contributed by atoms with Crippen LogP contribution < -0.4 is 5.32 Å². The molecule has 4 rings (SSSR count). The summed E-state index contributed by atoms with van der Waals surface area (Å²) in [5, 5.41) is 9.22. The average molecular weight is 375 g/mol. The Morgan fingerprint density at radius 1 is 1.25 bits per heavy atom. The van der Waals surface area contributed by atoms with Crippen LogP contribution in [-0.2, 0) is 0 Å². The number of hydrogen-bond donors (Lipinski definition) is 2. The minimum Gasteiger partial charge on any atom is -0.354 e. The van der Waals surface area contributed by atoms with Crippen molar-refractivity contribution < 1.29 is 0 Å². The maximum atomic E-state index is 4.85. The van der Waals surface area contributed by atoms with Gasteiger partial charge in [-0.15, -0.1) is 0 Å². The van der Waals surface area contributed by atoms with Gasteiger partial charge in [0, 0.05) is 53.9 Å². The van der Waals surface area contributed by atoms with Crippen molar-refractivity contribution in [2.75, 3.05) is 11.9 Å². The lowest BCUT2D eigenvalue weighted by atomic mass is 10.1. The molecule has 4 heterocycles. The first-order chi connectivity index (χ1) is 13.6. The van der Waals surface area contributed by atoms with Gasteiger partial charge < -0.3 is 10.3 Å². The normalized spacial score (nSPS) is 11.5. The quantitative estimate of drug-likeness (QED) is 0.515. The highest BCUT2D eigenvalue weighted by atomic mass is 15.3. The molecule has 0 fully saturated rings. The predicted octanol–water partition coefficient (Wildman–Crippen LogP) is 4.59. The van der Waals surface area contributed by atoms with Crippen LogP contribution in [0.5, 0.6) is 0 Å². The molecule has 0 radical (unpaired) electrons. The van der Waals surface area contributed by atoms with Crippen molar-refractivity contribution in [2.24, 2.45) is 0 Å². The Hall–Kier alpha value is -3.22. The summed E-state index contributed by atoms with van der Waals surface area (Å²) in [4.78, 5) is 16.8. The minimum atomic E-state index is 0.248. The van der Waals surface area contributed by atoms with E-state index in [1.165, 1.54) is 5.56 Å². The monoisotopic (exact) mass is 375 g/mol. The Balaban J connectivity index is 1.84. The van der Waals surface area contributed by atoms with Crippen LogP contribution in [0.4, 0.5) is 5.95 Å². The number of pyridine rings is 1. The molecular formula is C21H25N7. The summed E-state index contributed by atoms with van der Waals surface area (Å²) in [6.45, 7) is 9.27. The number of aromatic nitrogens is 6. The van der Waals surface area contributed by atoms with E-state index in [1.54, 1.807) is 6.20 Å². The number of nitrogens with zero attached hydrogens (tertiary/aromatic N) is 5. The summed E-state index contributed by atoms with van der Waals surface area (Å²) in [7, 11) is 0. The van der Waals surface area contributed by atoms with Crippen molar-refractivity contribution >= 4 is 17.0 Å². The first-order valence-corrected chi connectivity index (χ1v) is 9.67. The van der Waals surface area contributed by atoms with Gasteiger partial charge in [-0.25, -0.2) is 15.0 Å². The van der Waals surface area contributed by atoms with Gasteiger partial charge in [0.05, 0.1) is 5.69 Å². The molecule has 0 unspecified atom stereocenters. The Bertz CT molecular complexity index is 1110. The van der Waals surface area contributed by atoms with Crippen molar-refractivity contribution in [3.63, 3.8) is 0 Å². The smallest absolute Gasteiger partial charge is 0.223 e. The van der Waals surface area contributed by atoms with E-state index < -0.39 is 0 Å². The fourth-order valence-electron chi connectivity index (χ4n) is 3.15. The molecule has 0 saturated heterocycles. The Kier molecular flexibility index (Phi) is 4.81. The number of rotatable bonds is 6. The topological polar surface area (TPSA) is 84.3 Å². The zero-order valence-electron chi connectivity index (χ0n) is 16.7. The average Bonchev–Trinajstić information content (AvgIpc) is 3.31. The predicted molar refractivity (Wildman–Crippen MR) is 112 cm³/mol. The summed E-state index contributed by atoms with van der Waals surface area (Å²) in [6.07, 6.45) is 8.71. The largest absolute Gasteiger partial charge is 0.354 e. The van der Waals surface area contributed by atoms with Crippen molar-refractivity contribution in [3.05, 3.63) is 42.5 Å². The molecule has 144 valence electrons. The maximum Gasteiger partial charge on any atom is 0.223 e. The van der Waals surface area contributed by atoms with Gasteiger partial charge in [0.2, 0.25) is 5.95 Å². The molecule has 0 bridgehead atoms. The highest BCUT2D eigenvalue weighted by molar-refractivity contribution is 5.87. The van der Waals surface area contributed by atoms with E-state index in [2.05, 4.69) is 60.2 Å². The zero-order valence-corrected chi connectivity index (χ0v) is 16.7. The lowest BCUT2D eigenvalue weighted by Gasteiger charge is -2.06. The molecule has 0 aliphatic rings. The third-order valence-corrected chi connectivity index (χ3v) is 4.74. The van der Waals surface area contributed by atoms with Gasteiger partial charge in [0.25, 0.3) is 0 Å². The van der Waals surface area contributed by atoms with Crippen molar-refractivity contribution in [3.8, 4) is 22.5 Å². The van der Waals surface area contributed by atoms with Crippen LogP contribution >= 0.6 is 0 Å². The maximum absolute atomic E-state index is 4.85. The molecule has 0 aliphatic heterocycles. The van der Waals surface area contributed by atoms with Crippen LogP contribution in [0, 0.1) is 6.92 Å². The molecular weight excluding hydrogens is 350 g/mol. The highest BCUT2D eigenvalue weighted by Gasteiger charge is 2.17. The van der Waals surface area contributed by atoms with Crippen LogP contribution in [0.3, 0.4) is 0 Å². The van der Waals surface area contributed by atoms with Gasteiger partial charge in [-0.05, 0) is 44.9 Å². The second-order valence-electron chi connectivity index (χ2n) is 7.25. The molecule has 0 spiro atoms. The standard InChI is InChI=1S/C21H25N7/c1-5-7-22-21-23-8-6-18(26-21)17-12-28(13(2)3)27-19(17)15-9-16-14(4)10-24-20(16)25-11-15/h6,8-13H,5,7H2,1-4H3,(H,24,25)(H,22,23,26). The van der Waals surface area contributed by atoms with Gasteiger partial charge in [-0.3, -0.25) is 4.68 Å². The van der Waals surface area contributed by atoms with Crippen LogP contribution in [0.25, 0.3) is 33.5 Å². The van der Waals surface area contributed by atoms with Crippen LogP contribution in [0.2, 0.25) is 0 Å². The summed E-state index contributed by atoms with van der Waals surface area (Å²) < 4.78 is 1.97. The molecule has 0 atom stereocenters. The second kappa shape index (κ2) is 7.42. The molecule has 28 heavy (non-hydrogen) atoms. The number of nitrogens with one attached hydrogen (secondary N) is 2. The van der Waals surface area contributed by atoms with E-state index in [0.29, 0.717) is 5.95 Å². The fraction of sp³-hybridized carbons (Fsp3) is 0.333. The number of fused-ring (bicyclic) bond motifs is 1. The van der Waals surface area contributed by atoms with E-state index >= 15 is 0 Å². The summed E-state index contributed by atoms with van der Waals surface area (Å²) in [5.41, 5.74) is 5.74. The van der Waals surface area contributed by atoms with Crippen molar-refractivity contribution in [1.82, 2.24) is 29.7 Å². The molecule has 0 amide bonds. The van der Waals surface area contributed by atoms with Gasteiger partial charge in [0.15, 0.2) is 0 Å². The molecule has 0 aromatic carbocycles. The van der Waals surface area contributed by atoms with Crippen molar-refractivity contribution in [2.45, 2.75) is 40.2 Å². The molecule has 7 heteroatoms. The third-order valence-electron chi connectivity index (χ3n) is 4.74. The van der Waals surface area contributed by atoms with Gasteiger partial charge in [0.1, 0.15) is 11.3 Å².